The van der Waals surface area contributed by atoms with E-state index in [-0.39, 0.29) is 17.9 Å². The van der Waals surface area contributed by atoms with Gasteiger partial charge in [0.2, 0.25) is 5.91 Å². The molecule has 7 heteroatoms. The molecule has 3 rings (SSSR count). The van der Waals surface area contributed by atoms with Crippen molar-refractivity contribution in [2.24, 2.45) is 4.99 Å². The Morgan fingerprint density at radius 2 is 1.77 bits per heavy atom. The predicted octanol–water partition coefficient (Wildman–Crippen LogP) is 2.38. The van der Waals surface area contributed by atoms with Crippen LogP contribution < -0.4 is 10.6 Å². The maximum Gasteiger partial charge on any atom is 0.253 e. The smallest absolute Gasteiger partial charge is 0.253 e. The molecule has 2 fully saturated rings. The van der Waals surface area contributed by atoms with Crippen LogP contribution in [-0.2, 0) is 11.3 Å². The van der Waals surface area contributed by atoms with Crippen molar-refractivity contribution in [2.75, 3.05) is 32.7 Å². The van der Waals surface area contributed by atoms with Gasteiger partial charge in [0.05, 0.1) is 6.54 Å². The average molecular weight is 414 g/mol. The molecule has 0 radical (unpaired) electrons. The number of amides is 2. The Morgan fingerprint density at radius 1 is 1.03 bits per heavy atom. The lowest BCUT2D eigenvalue weighted by Crippen LogP contribution is -2.45. The van der Waals surface area contributed by atoms with Gasteiger partial charge >= 0.3 is 0 Å². The van der Waals surface area contributed by atoms with Crippen LogP contribution in [0.4, 0.5) is 0 Å². The number of carbonyl (C=O) groups is 2. The molecule has 1 atom stereocenters. The Kier molecular flexibility index (Phi) is 8.11. The molecule has 2 amide bonds. The maximum absolute atomic E-state index is 12.6. The third-order valence-corrected chi connectivity index (χ3v) is 5.79. The lowest BCUT2D eigenvalue weighted by molar-refractivity contribution is -0.129. The van der Waals surface area contributed by atoms with Crippen molar-refractivity contribution in [3.05, 3.63) is 35.4 Å². The molecule has 2 heterocycles. The fraction of sp³-hybridized carbons (Fsp3) is 0.609. The molecule has 0 bridgehead atoms. The molecular weight excluding hydrogens is 378 g/mol. The summed E-state index contributed by atoms with van der Waals surface area (Å²) in [6, 6.07) is 8.02. The summed E-state index contributed by atoms with van der Waals surface area (Å²) in [5.74, 6) is 1.11. The number of nitrogens with zero attached hydrogens (tertiary/aromatic N) is 3. The van der Waals surface area contributed by atoms with Crippen LogP contribution in [0.2, 0.25) is 0 Å². The van der Waals surface area contributed by atoms with E-state index in [1.165, 1.54) is 6.42 Å². The maximum atomic E-state index is 12.6. The molecule has 1 unspecified atom stereocenters. The normalized spacial score (nSPS) is 19.7. The minimum Gasteiger partial charge on any atom is -0.357 e. The van der Waals surface area contributed by atoms with Crippen molar-refractivity contribution in [3.63, 3.8) is 0 Å². The first-order chi connectivity index (χ1) is 14.6. The first-order valence-electron chi connectivity index (χ1n) is 11.3. The Labute approximate surface area is 179 Å². The highest BCUT2D eigenvalue weighted by Gasteiger charge is 2.25. The summed E-state index contributed by atoms with van der Waals surface area (Å²) in [6.07, 6.45) is 4.91. The number of carbonyl (C=O) groups excluding carboxylic acids is 2. The second-order valence-corrected chi connectivity index (χ2v) is 8.07. The first-order valence-corrected chi connectivity index (χ1v) is 11.3. The van der Waals surface area contributed by atoms with Crippen LogP contribution in [0.15, 0.2) is 29.3 Å². The van der Waals surface area contributed by atoms with Crippen LogP contribution in [0.3, 0.4) is 0 Å². The zero-order valence-corrected chi connectivity index (χ0v) is 18.3. The number of piperidine rings is 1. The van der Waals surface area contributed by atoms with E-state index in [9.17, 15) is 9.59 Å². The van der Waals surface area contributed by atoms with E-state index in [4.69, 9.17) is 4.99 Å². The monoisotopic (exact) mass is 413 g/mol. The van der Waals surface area contributed by atoms with Gasteiger partial charge in [-0.05, 0) is 50.3 Å². The number of rotatable bonds is 6. The summed E-state index contributed by atoms with van der Waals surface area (Å²) in [5.41, 5.74) is 1.82. The zero-order valence-electron chi connectivity index (χ0n) is 18.3. The molecule has 0 saturated carbocycles. The highest BCUT2D eigenvalue weighted by molar-refractivity contribution is 5.94. The third kappa shape index (κ3) is 5.97. The summed E-state index contributed by atoms with van der Waals surface area (Å²) in [6.45, 7) is 8.52. The molecule has 0 aliphatic carbocycles. The number of guanidine groups is 1. The zero-order chi connectivity index (χ0) is 21.3. The van der Waals surface area contributed by atoms with E-state index in [0.717, 1.165) is 69.1 Å². The second-order valence-electron chi connectivity index (χ2n) is 8.07. The molecule has 164 valence electrons. The molecule has 2 aliphatic heterocycles. The Hall–Kier alpha value is -2.57. The van der Waals surface area contributed by atoms with Crippen molar-refractivity contribution >= 4 is 17.8 Å². The van der Waals surface area contributed by atoms with Crippen molar-refractivity contribution in [2.45, 2.75) is 58.5 Å². The van der Waals surface area contributed by atoms with Crippen LogP contribution in [0.5, 0.6) is 0 Å². The summed E-state index contributed by atoms with van der Waals surface area (Å²) >= 11 is 0. The second kappa shape index (κ2) is 11.0. The van der Waals surface area contributed by atoms with Gasteiger partial charge in [-0.2, -0.15) is 0 Å². The standard InChI is InChI=1S/C23H35N5O2/c1-3-21(29)28-15-12-20(17-28)26-23(24-4-2)25-16-18-8-10-19(11-9-18)22(30)27-13-6-5-7-14-27/h8-11,20H,3-7,12-17H2,1-2H3,(H2,24,25,26). The number of likely N-dealkylation sites (tertiary alicyclic amines) is 2. The molecule has 2 saturated heterocycles. The summed E-state index contributed by atoms with van der Waals surface area (Å²) < 4.78 is 0. The molecule has 7 nitrogen and oxygen atoms in total. The van der Waals surface area contributed by atoms with Gasteiger partial charge < -0.3 is 20.4 Å². The van der Waals surface area contributed by atoms with Crippen molar-refractivity contribution in [3.8, 4) is 0 Å². The van der Waals surface area contributed by atoms with E-state index in [1.54, 1.807) is 0 Å². The molecular formula is C23H35N5O2. The number of aliphatic imine (C=N–C) groups is 1. The van der Waals surface area contributed by atoms with Gasteiger partial charge in [-0.3, -0.25) is 9.59 Å². The Morgan fingerprint density at radius 3 is 2.43 bits per heavy atom. The molecule has 1 aromatic carbocycles. The first kappa shape index (κ1) is 22.1. The molecule has 2 N–H and O–H groups in total. The number of hydrogen-bond donors (Lipinski definition) is 2. The van der Waals surface area contributed by atoms with Crippen LogP contribution in [0, 0.1) is 0 Å². The number of hydrogen-bond acceptors (Lipinski definition) is 3. The van der Waals surface area contributed by atoms with Gasteiger partial charge in [-0.15, -0.1) is 0 Å². The molecule has 0 aromatic heterocycles. The molecule has 1 aromatic rings. The summed E-state index contributed by atoms with van der Waals surface area (Å²) in [4.78, 5) is 33.1. The Bertz CT molecular complexity index is 740. The van der Waals surface area contributed by atoms with Crippen LogP contribution >= 0.6 is 0 Å². The minimum absolute atomic E-state index is 0.132. The van der Waals surface area contributed by atoms with Crippen molar-refractivity contribution < 1.29 is 9.59 Å². The topological polar surface area (TPSA) is 77.0 Å². The fourth-order valence-electron chi connectivity index (χ4n) is 4.04. The van der Waals surface area contributed by atoms with Gasteiger partial charge in [-0.1, -0.05) is 19.1 Å². The minimum atomic E-state index is 0.132. The number of benzene rings is 1. The van der Waals surface area contributed by atoms with E-state index in [2.05, 4.69) is 10.6 Å². The lowest BCUT2D eigenvalue weighted by atomic mass is 10.1. The van der Waals surface area contributed by atoms with E-state index < -0.39 is 0 Å². The highest BCUT2D eigenvalue weighted by Crippen LogP contribution is 2.14. The summed E-state index contributed by atoms with van der Waals surface area (Å²) in [7, 11) is 0. The predicted molar refractivity (Wildman–Crippen MR) is 119 cm³/mol. The van der Waals surface area contributed by atoms with Crippen LogP contribution in [0.25, 0.3) is 0 Å². The Balaban J connectivity index is 1.55. The quantitative estimate of drug-likeness (QED) is 0.555. The molecule has 2 aliphatic rings. The van der Waals surface area contributed by atoms with Crippen molar-refractivity contribution in [1.82, 2.24) is 20.4 Å². The van der Waals surface area contributed by atoms with Crippen LogP contribution in [-0.4, -0.2) is 66.3 Å². The largest absolute Gasteiger partial charge is 0.357 e. The van der Waals surface area contributed by atoms with Crippen molar-refractivity contribution in [1.29, 1.82) is 0 Å². The summed E-state index contributed by atoms with van der Waals surface area (Å²) in [5, 5.41) is 6.74. The SMILES string of the molecule is CCNC(=NCc1ccc(C(=O)N2CCCCC2)cc1)NC1CCN(C(=O)CC)C1. The average Bonchev–Trinajstić information content (AvgIpc) is 3.26. The van der Waals surface area contributed by atoms with Gasteiger partial charge in [0, 0.05) is 50.7 Å². The van der Waals surface area contributed by atoms with Crippen LogP contribution in [0.1, 0.15) is 61.9 Å². The fourth-order valence-corrected chi connectivity index (χ4v) is 4.04. The van der Waals surface area contributed by atoms with E-state index in [0.29, 0.717) is 13.0 Å². The molecule has 0 spiro atoms. The lowest BCUT2D eigenvalue weighted by Gasteiger charge is -2.26. The van der Waals surface area contributed by atoms with E-state index >= 15 is 0 Å². The van der Waals surface area contributed by atoms with E-state index in [1.807, 2.05) is 47.9 Å². The third-order valence-electron chi connectivity index (χ3n) is 5.79. The van der Waals surface area contributed by atoms with Gasteiger partial charge in [0.25, 0.3) is 5.91 Å². The highest BCUT2D eigenvalue weighted by atomic mass is 16.2. The van der Waals surface area contributed by atoms with Gasteiger partial charge in [0.1, 0.15) is 0 Å². The molecule has 30 heavy (non-hydrogen) atoms. The van der Waals surface area contributed by atoms with Gasteiger partial charge in [0.15, 0.2) is 5.96 Å². The van der Waals surface area contributed by atoms with Gasteiger partial charge in [-0.25, -0.2) is 4.99 Å². The number of nitrogens with one attached hydrogen (secondary N) is 2.